The number of likely N-dealkylation sites (N-methyl/N-ethyl adjacent to an activating group) is 1. The van der Waals surface area contributed by atoms with E-state index in [-0.39, 0.29) is 18.2 Å². The Kier molecular flexibility index (Phi) is 3.73. The van der Waals surface area contributed by atoms with E-state index in [2.05, 4.69) is 12.2 Å². The van der Waals surface area contributed by atoms with Gasteiger partial charge in [-0.15, -0.1) is 0 Å². The zero-order chi connectivity index (χ0) is 13.3. The Balaban J connectivity index is 1.88. The lowest BCUT2D eigenvalue weighted by Gasteiger charge is -2.36. The number of imide groups is 1. The minimum atomic E-state index is -0.720. The Bertz CT molecular complexity index is 358. The van der Waals surface area contributed by atoms with Gasteiger partial charge in [0.15, 0.2) is 0 Å². The van der Waals surface area contributed by atoms with Crippen molar-refractivity contribution in [3.05, 3.63) is 0 Å². The minimum Gasteiger partial charge on any atom is -0.389 e. The van der Waals surface area contributed by atoms with Crippen LogP contribution in [-0.4, -0.2) is 47.1 Å². The monoisotopic (exact) mass is 254 g/mol. The van der Waals surface area contributed by atoms with Crippen molar-refractivity contribution < 1.29 is 14.7 Å². The number of hydrogen-bond acceptors (Lipinski definition) is 4. The molecule has 0 bridgehead atoms. The molecule has 3 atom stereocenters. The number of hydrogen-bond donors (Lipinski definition) is 2. The van der Waals surface area contributed by atoms with Crippen LogP contribution in [-0.2, 0) is 9.59 Å². The van der Waals surface area contributed by atoms with E-state index in [1.54, 1.807) is 0 Å². The fourth-order valence-corrected chi connectivity index (χ4v) is 3.02. The number of nitrogens with one attached hydrogen (secondary N) is 1. The number of carbonyl (C=O) groups excluding carboxylic acids is 2. The molecule has 1 heterocycles. The van der Waals surface area contributed by atoms with Crippen LogP contribution in [0.1, 0.15) is 39.0 Å². The fourth-order valence-electron chi connectivity index (χ4n) is 3.02. The summed E-state index contributed by atoms with van der Waals surface area (Å²) in [6.45, 7) is 2.54. The second kappa shape index (κ2) is 4.97. The lowest BCUT2D eigenvalue weighted by molar-refractivity contribution is -0.137. The van der Waals surface area contributed by atoms with Gasteiger partial charge in [-0.05, 0) is 18.8 Å². The molecule has 0 radical (unpaired) electrons. The normalized spacial score (nSPS) is 37.4. The molecule has 5 nitrogen and oxygen atoms in total. The Morgan fingerprint density at radius 1 is 1.50 bits per heavy atom. The Hall–Kier alpha value is -0.940. The molecule has 0 spiro atoms. The van der Waals surface area contributed by atoms with Crippen LogP contribution in [0.5, 0.6) is 0 Å². The molecule has 0 aromatic rings. The van der Waals surface area contributed by atoms with E-state index in [4.69, 9.17) is 0 Å². The molecule has 1 aliphatic carbocycles. The van der Waals surface area contributed by atoms with E-state index in [0.29, 0.717) is 12.5 Å². The number of carbonyl (C=O) groups is 2. The quantitative estimate of drug-likeness (QED) is 0.710. The fraction of sp³-hybridized carbons (Fsp3) is 0.846. The van der Waals surface area contributed by atoms with Gasteiger partial charge in [0.2, 0.25) is 11.8 Å². The Labute approximate surface area is 108 Å². The molecule has 0 aromatic carbocycles. The first-order valence-corrected chi connectivity index (χ1v) is 6.67. The second-order valence-corrected chi connectivity index (χ2v) is 5.85. The molecule has 1 saturated carbocycles. The van der Waals surface area contributed by atoms with Crippen molar-refractivity contribution in [3.8, 4) is 0 Å². The summed E-state index contributed by atoms with van der Waals surface area (Å²) in [5.41, 5.74) is -0.720. The van der Waals surface area contributed by atoms with E-state index in [1.165, 1.54) is 7.05 Å². The zero-order valence-electron chi connectivity index (χ0n) is 11.1. The van der Waals surface area contributed by atoms with Crippen LogP contribution >= 0.6 is 0 Å². The molecule has 2 N–H and O–H groups in total. The molecule has 102 valence electrons. The van der Waals surface area contributed by atoms with E-state index in [1.807, 2.05) is 0 Å². The van der Waals surface area contributed by atoms with Gasteiger partial charge in [-0.3, -0.25) is 14.5 Å². The Morgan fingerprint density at radius 3 is 2.78 bits per heavy atom. The molecule has 2 amide bonds. The maximum absolute atomic E-state index is 11.7. The molecule has 18 heavy (non-hydrogen) atoms. The van der Waals surface area contributed by atoms with Crippen molar-refractivity contribution in [3.63, 3.8) is 0 Å². The highest BCUT2D eigenvalue weighted by atomic mass is 16.3. The SMILES string of the molecule is CC1CCCC(O)(CNC2CC(=O)N(C)C2=O)C1. The average Bonchev–Trinajstić information content (AvgIpc) is 2.54. The molecular weight excluding hydrogens is 232 g/mol. The zero-order valence-corrected chi connectivity index (χ0v) is 11.1. The van der Waals surface area contributed by atoms with Gasteiger partial charge in [-0.25, -0.2) is 0 Å². The minimum absolute atomic E-state index is 0.151. The highest BCUT2D eigenvalue weighted by Gasteiger charge is 2.38. The van der Waals surface area contributed by atoms with Gasteiger partial charge in [0.1, 0.15) is 0 Å². The highest BCUT2D eigenvalue weighted by molar-refractivity contribution is 6.05. The van der Waals surface area contributed by atoms with Crippen molar-refractivity contribution in [1.29, 1.82) is 0 Å². The van der Waals surface area contributed by atoms with Gasteiger partial charge in [0.05, 0.1) is 18.1 Å². The van der Waals surface area contributed by atoms with Gasteiger partial charge in [0.25, 0.3) is 0 Å². The lowest BCUT2D eigenvalue weighted by atomic mass is 9.79. The van der Waals surface area contributed by atoms with Gasteiger partial charge in [-0.2, -0.15) is 0 Å². The van der Waals surface area contributed by atoms with Crippen molar-refractivity contribution in [2.24, 2.45) is 5.92 Å². The summed E-state index contributed by atoms with van der Waals surface area (Å²) in [6.07, 6.45) is 3.93. The molecule has 3 unspecified atom stereocenters. The average molecular weight is 254 g/mol. The molecule has 0 aromatic heterocycles. The van der Waals surface area contributed by atoms with E-state index >= 15 is 0 Å². The molecule has 2 aliphatic rings. The van der Waals surface area contributed by atoms with Crippen molar-refractivity contribution in [2.75, 3.05) is 13.6 Å². The van der Waals surface area contributed by atoms with Crippen LogP contribution in [0, 0.1) is 5.92 Å². The van der Waals surface area contributed by atoms with Gasteiger partial charge in [-0.1, -0.05) is 19.8 Å². The van der Waals surface area contributed by atoms with Crippen LogP contribution in [0.25, 0.3) is 0 Å². The molecule has 1 saturated heterocycles. The van der Waals surface area contributed by atoms with Crippen LogP contribution in [0.3, 0.4) is 0 Å². The molecule has 1 aliphatic heterocycles. The van der Waals surface area contributed by atoms with Crippen molar-refractivity contribution >= 4 is 11.8 Å². The third kappa shape index (κ3) is 2.72. The smallest absolute Gasteiger partial charge is 0.246 e. The molecule has 2 rings (SSSR count). The predicted molar refractivity (Wildman–Crippen MR) is 66.8 cm³/mol. The summed E-state index contributed by atoms with van der Waals surface area (Å²) in [4.78, 5) is 24.3. The summed E-state index contributed by atoms with van der Waals surface area (Å²) in [5.74, 6) is 0.183. The maximum atomic E-state index is 11.7. The van der Waals surface area contributed by atoms with Gasteiger partial charge in [0, 0.05) is 13.6 Å². The summed E-state index contributed by atoms with van der Waals surface area (Å²) >= 11 is 0. The topological polar surface area (TPSA) is 69.6 Å². The third-order valence-corrected chi connectivity index (χ3v) is 4.13. The number of aliphatic hydroxyl groups is 1. The molecular formula is C13H22N2O3. The highest BCUT2D eigenvalue weighted by Crippen LogP contribution is 2.31. The van der Waals surface area contributed by atoms with E-state index < -0.39 is 11.6 Å². The van der Waals surface area contributed by atoms with Crippen molar-refractivity contribution in [2.45, 2.75) is 50.7 Å². The standard InChI is InChI=1S/C13H22N2O3/c1-9-4-3-5-13(18,7-9)8-14-10-6-11(16)15(2)12(10)17/h9-10,14,18H,3-8H2,1-2H3. The number of nitrogens with zero attached hydrogens (tertiary/aromatic N) is 1. The summed E-state index contributed by atoms with van der Waals surface area (Å²) in [6, 6.07) is -0.455. The van der Waals surface area contributed by atoms with Crippen LogP contribution in [0.4, 0.5) is 0 Å². The number of likely N-dealkylation sites (tertiary alicyclic amines) is 1. The van der Waals surface area contributed by atoms with Gasteiger partial charge >= 0.3 is 0 Å². The first-order chi connectivity index (χ1) is 8.41. The summed E-state index contributed by atoms with van der Waals surface area (Å²) < 4.78 is 0. The largest absolute Gasteiger partial charge is 0.389 e. The summed E-state index contributed by atoms with van der Waals surface area (Å²) in [7, 11) is 1.50. The number of rotatable bonds is 3. The van der Waals surface area contributed by atoms with Crippen LogP contribution in [0.2, 0.25) is 0 Å². The first kappa shape index (κ1) is 13.5. The van der Waals surface area contributed by atoms with Crippen LogP contribution < -0.4 is 5.32 Å². The molecule has 5 heteroatoms. The lowest BCUT2D eigenvalue weighted by Crippen LogP contribution is -2.48. The number of amides is 2. The Morgan fingerprint density at radius 2 is 2.22 bits per heavy atom. The third-order valence-electron chi connectivity index (χ3n) is 4.13. The van der Waals surface area contributed by atoms with E-state index in [0.717, 1.165) is 30.6 Å². The second-order valence-electron chi connectivity index (χ2n) is 5.85. The van der Waals surface area contributed by atoms with Crippen molar-refractivity contribution in [1.82, 2.24) is 10.2 Å². The van der Waals surface area contributed by atoms with Gasteiger partial charge < -0.3 is 10.4 Å². The summed E-state index contributed by atoms with van der Waals surface area (Å²) in [5, 5.41) is 13.5. The maximum Gasteiger partial charge on any atom is 0.246 e. The predicted octanol–water partition coefficient (Wildman–Crippen LogP) is 0.274. The van der Waals surface area contributed by atoms with Crippen LogP contribution in [0.15, 0.2) is 0 Å². The first-order valence-electron chi connectivity index (χ1n) is 6.67. The molecule has 2 fully saturated rings. The van der Waals surface area contributed by atoms with E-state index in [9.17, 15) is 14.7 Å².